The number of β-amino-alcohol motifs (C(OH)–C–C–N with tert-alkyl or cyclic N) is 1. The van der Waals surface area contributed by atoms with Gasteiger partial charge in [0.2, 0.25) is 0 Å². The molecule has 2 unspecified atom stereocenters. The van der Waals surface area contributed by atoms with E-state index in [0.29, 0.717) is 13.0 Å². The summed E-state index contributed by atoms with van der Waals surface area (Å²) < 4.78 is 18.0. The van der Waals surface area contributed by atoms with Crippen molar-refractivity contribution in [3.63, 3.8) is 0 Å². The second kappa shape index (κ2) is 5.99. The van der Waals surface area contributed by atoms with Crippen molar-refractivity contribution in [3.8, 4) is 0 Å². The highest BCUT2D eigenvalue weighted by molar-refractivity contribution is 5.68. The fourth-order valence-electron chi connectivity index (χ4n) is 2.01. The second-order valence-electron chi connectivity index (χ2n) is 4.50. The maximum absolute atomic E-state index is 12.8. The number of halogens is 1. The Morgan fingerprint density at radius 1 is 1.42 bits per heavy atom. The number of hydrogen-bond donors (Lipinski definition) is 2. The molecule has 0 aromatic heterocycles. The van der Waals surface area contributed by atoms with Crippen molar-refractivity contribution < 1.29 is 24.1 Å². The minimum atomic E-state index is -0.963. The molecule has 1 aromatic carbocycles. The Morgan fingerprint density at radius 3 is 2.68 bits per heavy atom. The van der Waals surface area contributed by atoms with Crippen LogP contribution in [0.1, 0.15) is 18.1 Å². The quantitative estimate of drug-likeness (QED) is 0.857. The summed E-state index contributed by atoms with van der Waals surface area (Å²) in [6.45, 7) is 0.0780. The van der Waals surface area contributed by atoms with Gasteiger partial charge in [-0.2, -0.15) is 0 Å². The van der Waals surface area contributed by atoms with Gasteiger partial charge in [-0.25, -0.2) is 9.18 Å². The first-order chi connectivity index (χ1) is 9.10. The Labute approximate surface area is 110 Å². The number of rotatable bonds is 4. The van der Waals surface area contributed by atoms with Crippen LogP contribution in [-0.4, -0.2) is 47.0 Å². The van der Waals surface area contributed by atoms with Crippen LogP contribution in [0.3, 0.4) is 0 Å². The van der Waals surface area contributed by atoms with E-state index in [9.17, 15) is 14.3 Å². The van der Waals surface area contributed by atoms with E-state index in [2.05, 4.69) is 0 Å². The molecule has 5 nitrogen and oxygen atoms in total. The number of aliphatic hydroxyl groups is 2. The first-order valence-corrected chi connectivity index (χ1v) is 6.10. The van der Waals surface area contributed by atoms with Gasteiger partial charge in [0.15, 0.2) is 0 Å². The zero-order valence-corrected chi connectivity index (χ0v) is 10.3. The van der Waals surface area contributed by atoms with Gasteiger partial charge >= 0.3 is 6.09 Å². The molecule has 1 amide bonds. The average Bonchev–Trinajstić information content (AvgIpc) is 2.41. The van der Waals surface area contributed by atoms with Gasteiger partial charge < -0.3 is 19.8 Å². The SMILES string of the molecule is O=C1OC(c2ccc(F)cc2)CCN1CC(O)CO. The van der Waals surface area contributed by atoms with Gasteiger partial charge in [0, 0.05) is 13.0 Å². The fraction of sp³-hybridized carbons (Fsp3) is 0.462. The molecule has 2 N–H and O–H groups in total. The Bertz CT molecular complexity index is 437. The van der Waals surface area contributed by atoms with Gasteiger partial charge in [0.1, 0.15) is 11.9 Å². The highest BCUT2D eigenvalue weighted by Crippen LogP contribution is 2.26. The summed E-state index contributed by atoms with van der Waals surface area (Å²) in [5.41, 5.74) is 0.747. The van der Waals surface area contributed by atoms with Gasteiger partial charge in [-0.05, 0) is 17.7 Å². The van der Waals surface area contributed by atoms with Crippen molar-refractivity contribution >= 4 is 6.09 Å². The van der Waals surface area contributed by atoms with Crippen molar-refractivity contribution in [1.29, 1.82) is 0 Å². The normalized spacial score (nSPS) is 21.1. The highest BCUT2D eigenvalue weighted by atomic mass is 19.1. The predicted molar refractivity (Wildman–Crippen MR) is 64.9 cm³/mol. The van der Waals surface area contributed by atoms with Crippen LogP contribution in [0.15, 0.2) is 24.3 Å². The van der Waals surface area contributed by atoms with Crippen LogP contribution in [0.25, 0.3) is 0 Å². The molecule has 19 heavy (non-hydrogen) atoms. The molecule has 1 heterocycles. The van der Waals surface area contributed by atoms with E-state index >= 15 is 0 Å². The number of cyclic esters (lactones) is 1. The Hall–Kier alpha value is -1.66. The summed E-state index contributed by atoms with van der Waals surface area (Å²) in [4.78, 5) is 13.1. The number of hydrogen-bond acceptors (Lipinski definition) is 4. The zero-order chi connectivity index (χ0) is 13.8. The molecule has 1 aliphatic heterocycles. The standard InChI is InChI=1S/C13H16FNO4/c14-10-3-1-9(2-4-10)12-5-6-15(13(18)19-12)7-11(17)8-16/h1-4,11-12,16-17H,5-8H2. The number of aliphatic hydroxyl groups excluding tert-OH is 2. The highest BCUT2D eigenvalue weighted by Gasteiger charge is 2.29. The van der Waals surface area contributed by atoms with Crippen LogP contribution in [0.5, 0.6) is 0 Å². The van der Waals surface area contributed by atoms with Crippen LogP contribution < -0.4 is 0 Å². The molecule has 2 rings (SSSR count). The van der Waals surface area contributed by atoms with Crippen molar-refractivity contribution in [2.45, 2.75) is 18.6 Å². The molecule has 0 aliphatic carbocycles. The summed E-state index contributed by atoms with van der Waals surface area (Å²) in [5, 5.41) is 18.0. The van der Waals surface area contributed by atoms with Crippen molar-refractivity contribution in [1.82, 2.24) is 4.90 Å². The molecule has 104 valence electrons. The lowest BCUT2D eigenvalue weighted by Gasteiger charge is -2.32. The van der Waals surface area contributed by atoms with E-state index in [-0.39, 0.29) is 12.4 Å². The van der Waals surface area contributed by atoms with E-state index in [1.54, 1.807) is 12.1 Å². The lowest BCUT2D eigenvalue weighted by Crippen LogP contribution is -2.43. The van der Waals surface area contributed by atoms with E-state index in [1.165, 1.54) is 17.0 Å². The van der Waals surface area contributed by atoms with Gasteiger partial charge in [-0.1, -0.05) is 12.1 Å². The van der Waals surface area contributed by atoms with Gasteiger partial charge in [-0.3, -0.25) is 0 Å². The smallest absolute Gasteiger partial charge is 0.410 e. The maximum Gasteiger partial charge on any atom is 0.410 e. The summed E-state index contributed by atoms with van der Waals surface area (Å²) in [6.07, 6.45) is -1.33. The van der Waals surface area contributed by atoms with E-state index in [1.807, 2.05) is 0 Å². The summed E-state index contributed by atoms with van der Waals surface area (Å²) >= 11 is 0. The maximum atomic E-state index is 12.8. The van der Waals surface area contributed by atoms with Crippen LogP contribution in [0.4, 0.5) is 9.18 Å². The predicted octanol–water partition coefficient (Wildman–Crippen LogP) is 1.06. The molecule has 1 fully saturated rings. The third-order valence-electron chi connectivity index (χ3n) is 3.05. The summed E-state index contributed by atoms with van der Waals surface area (Å²) in [6, 6.07) is 5.83. The van der Waals surface area contributed by atoms with Gasteiger partial charge in [0.25, 0.3) is 0 Å². The number of ether oxygens (including phenoxy) is 1. The fourth-order valence-corrected chi connectivity index (χ4v) is 2.01. The number of benzene rings is 1. The molecule has 6 heteroatoms. The number of amides is 1. The minimum absolute atomic E-state index is 0.0471. The molecule has 0 spiro atoms. The number of carbonyl (C=O) groups is 1. The topological polar surface area (TPSA) is 70.0 Å². The van der Waals surface area contributed by atoms with Crippen LogP contribution in [0, 0.1) is 5.82 Å². The second-order valence-corrected chi connectivity index (χ2v) is 4.50. The molecule has 1 saturated heterocycles. The molecule has 0 bridgehead atoms. The summed E-state index contributed by atoms with van der Waals surface area (Å²) in [5.74, 6) is -0.335. The molecule has 0 saturated carbocycles. The van der Waals surface area contributed by atoms with E-state index in [0.717, 1.165) is 5.56 Å². The van der Waals surface area contributed by atoms with Gasteiger partial charge in [-0.15, -0.1) is 0 Å². The minimum Gasteiger partial charge on any atom is -0.441 e. The van der Waals surface area contributed by atoms with Crippen molar-refractivity contribution in [2.24, 2.45) is 0 Å². The van der Waals surface area contributed by atoms with E-state index < -0.39 is 24.9 Å². The molecule has 1 aliphatic rings. The van der Waals surface area contributed by atoms with Crippen LogP contribution >= 0.6 is 0 Å². The molecule has 2 atom stereocenters. The molecule has 0 radical (unpaired) electrons. The largest absolute Gasteiger partial charge is 0.441 e. The lowest BCUT2D eigenvalue weighted by molar-refractivity contribution is 0.0000524. The summed E-state index contributed by atoms with van der Waals surface area (Å²) in [7, 11) is 0. The first kappa shape index (κ1) is 13.8. The lowest BCUT2D eigenvalue weighted by atomic mass is 10.1. The number of carbonyl (C=O) groups excluding carboxylic acids is 1. The van der Waals surface area contributed by atoms with Crippen molar-refractivity contribution in [3.05, 3.63) is 35.6 Å². The third kappa shape index (κ3) is 3.42. The van der Waals surface area contributed by atoms with Crippen LogP contribution in [-0.2, 0) is 4.74 Å². The van der Waals surface area contributed by atoms with Crippen molar-refractivity contribution in [2.75, 3.05) is 19.7 Å². The molecular weight excluding hydrogens is 253 g/mol. The molecule has 1 aromatic rings. The van der Waals surface area contributed by atoms with Crippen LogP contribution in [0.2, 0.25) is 0 Å². The zero-order valence-electron chi connectivity index (χ0n) is 10.3. The average molecular weight is 269 g/mol. The number of nitrogens with zero attached hydrogens (tertiary/aromatic N) is 1. The van der Waals surface area contributed by atoms with Gasteiger partial charge in [0.05, 0.1) is 19.3 Å². The Balaban J connectivity index is 1.96. The molecular formula is C13H16FNO4. The Kier molecular flexibility index (Phi) is 4.34. The monoisotopic (exact) mass is 269 g/mol. The van der Waals surface area contributed by atoms with E-state index in [4.69, 9.17) is 9.84 Å². The Morgan fingerprint density at radius 2 is 2.11 bits per heavy atom. The first-order valence-electron chi connectivity index (χ1n) is 6.10. The third-order valence-corrected chi connectivity index (χ3v) is 3.05.